The summed E-state index contributed by atoms with van der Waals surface area (Å²) >= 11 is 0. The van der Waals surface area contributed by atoms with Gasteiger partial charge in [-0.3, -0.25) is 4.79 Å². The van der Waals surface area contributed by atoms with Crippen LogP contribution in [0.1, 0.15) is 24.3 Å². The molecule has 1 aromatic rings. The fourth-order valence-electron chi connectivity index (χ4n) is 1.40. The van der Waals surface area contributed by atoms with Crippen molar-refractivity contribution in [1.29, 1.82) is 0 Å². The number of nitrogens with zero attached hydrogens (tertiary/aromatic N) is 2. The zero-order chi connectivity index (χ0) is 13.7. The Morgan fingerprint density at radius 3 is 2.44 bits per heavy atom. The average molecular weight is 252 g/mol. The summed E-state index contributed by atoms with van der Waals surface area (Å²) in [6.07, 6.45) is 2.76. The molecule has 7 nitrogen and oxygen atoms in total. The van der Waals surface area contributed by atoms with Crippen LogP contribution < -0.4 is 11.1 Å². The van der Waals surface area contributed by atoms with Gasteiger partial charge in [-0.1, -0.05) is 13.8 Å². The number of nitrogens with one attached hydrogen (secondary N) is 1. The highest BCUT2D eigenvalue weighted by Gasteiger charge is 2.25. The molecule has 98 valence electrons. The highest BCUT2D eigenvalue weighted by Crippen LogP contribution is 2.14. The lowest BCUT2D eigenvalue weighted by Gasteiger charge is -2.20. The summed E-state index contributed by atoms with van der Waals surface area (Å²) in [5, 5.41) is 2.83. The molecule has 0 aliphatic rings. The molecule has 0 spiro atoms. The van der Waals surface area contributed by atoms with Gasteiger partial charge in [0.15, 0.2) is 11.5 Å². The molecule has 1 aromatic heterocycles. The zero-order valence-corrected chi connectivity index (χ0v) is 10.5. The quantitative estimate of drug-likeness (QED) is 0.724. The van der Waals surface area contributed by atoms with E-state index in [0.717, 1.165) is 0 Å². The lowest BCUT2D eigenvalue weighted by Crippen LogP contribution is -2.36. The third-order valence-corrected chi connectivity index (χ3v) is 2.35. The second-order valence-corrected chi connectivity index (χ2v) is 4.01. The summed E-state index contributed by atoms with van der Waals surface area (Å²) in [6.45, 7) is 3.68. The highest BCUT2D eigenvalue weighted by molar-refractivity contribution is 5.96. The van der Waals surface area contributed by atoms with E-state index in [1.807, 2.05) is 13.8 Å². The molecule has 0 aliphatic carbocycles. The van der Waals surface area contributed by atoms with Gasteiger partial charge in [0.05, 0.1) is 7.11 Å². The molecule has 0 radical (unpaired) electrons. The van der Waals surface area contributed by atoms with Gasteiger partial charge in [-0.05, 0) is 5.92 Å². The molecule has 1 rings (SSSR count). The van der Waals surface area contributed by atoms with E-state index in [1.54, 1.807) is 0 Å². The Bertz CT molecular complexity index is 448. The first-order valence-corrected chi connectivity index (χ1v) is 5.42. The number of hydrogen-bond acceptors (Lipinski definition) is 6. The monoisotopic (exact) mass is 252 g/mol. The lowest BCUT2D eigenvalue weighted by atomic mass is 10.0. The normalized spacial score (nSPS) is 12.0. The van der Waals surface area contributed by atoms with E-state index >= 15 is 0 Å². The molecule has 7 heteroatoms. The topological polar surface area (TPSA) is 107 Å². The van der Waals surface area contributed by atoms with Gasteiger partial charge in [0, 0.05) is 12.4 Å². The third kappa shape index (κ3) is 3.16. The second-order valence-electron chi connectivity index (χ2n) is 4.01. The van der Waals surface area contributed by atoms with Crippen LogP contribution in [0, 0.1) is 5.92 Å². The van der Waals surface area contributed by atoms with Crippen molar-refractivity contribution in [3.63, 3.8) is 0 Å². The van der Waals surface area contributed by atoms with Gasteiger partial charge in [0.1, 0.15) is 6.04 Å². The zero-order valence-electron chi connectivity index (χ0n) is 10.5. The van der Waals surface area contributed by atoms with Crippen molar-refractivity contribution < 1.29 is 14.3 Å². The van der Waals surface area contributed by atoms with Crippen LogP contribution >= 0.6 is 0 Å². The van der Waals surface area contributed by atoms with Gasteiger partial charge >= 0.3 is 5.97 Å². The number of rotatable bonds is 5. The molecule has 1 heterocycles. The number of aromatic nitrogens is 2. The number of esters is 1. The standard InChI is InChI=1S/C11H16N4O3/c1-6(2)7(11(17)18-3)15-10-8(9(12)16)13-4-5-14-10/h4-7H,1-3H3,(H2,12,16)(H,14,15). The van der Waals surface area contributed by atoms with E-state index in [0.29, 0.717) is 0 Å². The van der Waals surface area contributed by atoms with Gasteiger partial charge in [0.2, 0.25) is 0 Å². The van der Waals surface area contributed by atoms with Gasteiger partial charge in [-0.2, -0.15) is 0 Å². The maximum Gasteiger partial charge on any atom is 0.328 e. The smallest absolute Gasteiger partial charge is 0.328 e. The average Bonchev–Trinajstić information content (AvgIpc) is 2.34. The summed E-state index contributed by atoms with van der Waals surface area (Å²) < 4.78 is 4.68. The van der Waals surface area contributed by atoms with Gasteiger partial charge in [-0.25, -0.2) is 14.8 Å². The van der Waals surface area contributed by atoms with E-state index in [-0.39, 0.29) is 17.4 Å². The van der Waals surface area contributed by atoms with Gasteiger partial charge in [-0.15, -0.1) is 0 Å². The SMILES string of the molecule is COC(=O)C(Nc1nccnc1C(N)=O)C(C)C. The summed E-state index contributed by atoms with van der Waals surface area (Å²) in [5.41, 5.74) is 5.17. The minimum Gasteiger partial charge on any atom is -0.467 e. The molecule has 0 saturated heterocycles. The van der Waals surface area contributed by atoms with Crippen LogP contribution in [0.5, 0.6) is 0 Å². The third-order valence-electron chi connectivity index (χ3n) is 2.35. The Kier molecular flexibility index (Phi) is 4.59. The molecule has 1 atom stereocenters. The van der Waals surface area contributed by atoms with Crippen molar-refractivity contribution in [3.8, 4) is 0 Å². The van der Waals surface area contributed by atoms with Crippen LogP contribution in [0.2, 0.25) is 0 Å². The Balaban J connectivity index is 3.01. The van der Waals surface area contributed by atoms with Crippen LogP contribution in [0.15, 0.2) is 12.4 Å². The maximum atomic E-state index is 11.6. The Morgan fingerprint density at radius 2 is 1.94 bits per heavy atom. The predicted octanol–water partition coefficient (Wildman–Crippen LogP) is 0.185. The number of hydrogen-bond donors (Lipinski definition) is 2. The van der Waals surface area contributed by atoms with E-state index in [9.17, 15) is 9.59 Å². The molecule has 1 unspecified atom stereocenters. The van der Waals surface area contributed by atoms with Crippen molar-refractivity contribution in [2.75, 3.05) is 12.4 Å². The van der Waals surface area contributed by atoms with Gasteiger partial charge < -0.3 is 15.8 Å². The van der Waals surface area contributed by atoms with Crippen LogP contribution in [-0.4, -0.2) is 35.0 Å². The summed E-state index contributed by atoms with van der Waals surface area (Å²) in [7, 11) is 1.30. The van der Waals surface area contributed by atoms with E-state index < -0.39 is 17.9 Å². The van der Waals surface area contributed by atoms with Crippen molar-refractivity contribution in [2.24, 2.45) is 11.7 Å². The number of ether oxygens (including phenoxy) is 1. The number of anilines is 1. The minimum absolute atomic E-state index is 0.00736. The van der Waals surface area contributed by atoms with Crippen LogP contribution in [0.25, 0.3) is 0 Å². The first-order chi connectivity index (χ1) is 8.47. The molecule has 0 aliphatic heterocycles. The molecule has 18 heavy (non-hydrogen) atoms. The van der Waals surface area contributed by atoms with Crippen molar-refractivity contribution in [3.05, 3.63) is 18.1 Å². The fraction of sp³-hybridized carbons (Fsp3) is 0.455. The second kappa shape index (κ2) is 5.95. The number of primary amides is 1. The molecule has 0 fully saturated rings. The van der Waals surface area contributed by atoms with Crippen LogP contribution in [0.4, 0.5) is 5.82 Å². The molecular formula is C11H16N4O3. The van der Waals surface area contributed by atoms with E-state index in [1.165, 1.54) is 19.5 Å². The summed E-state index contributed by atoms with van der Waals surface area (Å²) in [5.74, 6) is -1.02. The molecule has 0 bridgehead atoms. The molecule has 1 amide bonds. The lowest BCUT2D eigenvalue weighted by molar-refractivity contribution is -0.142. The number of amides is 1. The Labute approximate surface area is 105 Å². The van der Waals surface area contributed by atoms with Crippen LogP contribution in [-0.2, 0) is 9.53 Å². The summed E-state index contributed by atoms with van der Waals surface area (Å²) in [4.78, 5) is 30.5. The Morgan fingerprint density at radius 1 is 1.33 bits per heavy atom. The first kappa shape index (κ1) is 13.9. The number of carbonyl (C=O) groups excluding carboxylic acids is 2. The fourth-order valence-corrected chi connectivity index (χ4v) is 1.40. The van der Waals surface area contributed by atoms with E-state index in [4.69, 9.17) is 5.73 Å². The van der Waals surface area contributed by atoms with Crippen molar-refractivity contribution in [2.45, 2.75) is 19.9 Å². The Hall–Kier alpha value is -2.18. The maximum absolute atomic E-state index is 11.6. The molecule has 0 aromatic carbocycles. The number of methoxy groups -OCH3 is 1. The van der Waals surface area contributed by atoms with Crippen LogP contribution in [0.3, 0.4) is 0 Å². The first-order valence-electron chi connectivity index (χ1n) is 5.42. The summed E-state index contributed by atoms with van der Waals surface area (Å²) in [6, 6.07) is -0.621. The number of carbonyl (C=O) groups is 2. The molecular weight excluding hydrogens is 236 g/mol. The minimum atomic E-state index is -0.710. The largest absolute Gasteiger partial charge is 0.467 e. The van der Waals surface area contributed by atoms with E-state index in [2.05, 4.69) is 20.0 Å². The van der Waals surface area contributed by atoms with Crippen molar-refractivity contribution in [1.82, 2.24) is 9.97 Å². The molecule has 0 saturated carbocycles. The predicted molar refractivity (Wildman–Crippen MR) is 64.8 cm³/mol. The number of nitrogens with two attached hydrogens (primary N) is 1. The van der Waals surface area contributed by atoms with Crippen molar-refractivity contribution >= 4 is 17.7 Å². The highest BCUT2D eigenvalue weighted by atomic mass is 16.5. The van der Waals surface area contributed by atoms with Gasteiger partial charge in [0.25, 0.3) is 5.91 Å². The molecule has 3 N–H and O–H groups in total.